The van der Waals surface area contributed by atoms with Gasteiger partial charge in [0, 0.05) is 22.3 Å². The minimum atomic E-state index is 1.08. The van der Waals surface area contributed by atoms with Crippen LogP contribution in [0.4, 0.5) is 0 Å². The van der Waals surface area contributed by atoms with Crippen molar-refractivity contribution in [3.8, 4) is 33.4 Å². The molecular formula is C27H18BrN. The standard InChI is InChI=1S/C27H18BrN/c28-23-11-5-10-22(17-23)24-12-13-25(27-18-29-15-14-26(24)27)21-9-4-8-20(16-21)19-6-2-1-3-7-19/h1-18H. The first kappa shape index (κ1) is 17.8. The van der Waals surface area contributed by atoms with E-state index in [0.29, 0.717) is 0 Å². The second-order valence-electron chi connectivity index (χ2n) is 7.04. The Balaban J connectivity index is 1.69. The summed E-state index contributed by atoms with van der Waals surface area (Å²) in [5.41, 5.74) is 7.25. The van der Waals surface area contributed by atoms with Crippen molar-refractivity contribution in [1.29, 1.82) is 0 Å². The molecule has 5 aromatic rings. The first-order valence-corrected chi connectivity index (χ1v) is 10.4. The Hall–Kier alpha value is -3.23. The van der Waals surface area contributed by atoms with Crippen molar-refractivity contribution >= 4 is 26.7 Å². The summed E-state index contributed by atoms with van der Waals surface area (Å²) in [7, 11) is 0. The predicted octanol–water partition coefficient (Wildman–Crippen LogP) is 8.00. The summed E-state index contributed by atoms with van der Waals surface area (Å²) < 4.78 is 1.08. The monoisotopic (exact) mass is 435 g/mol. The van der Waals surface area contributed by atoms with Gasteiger partial charge in [0.2, 0.25) is 0 Å². The van der Waals surface area contributed by atoms with Gasteiger partial charge in [0.05, 0.1) is 0 Å². The zero-order chi connectivity index (χ0) is 19.6. The van der Waals surface area contributed by atoms with Crippen molar-refractivity contribution in [2.24, 2.45) is 0 Å². The normalized spacial score (nSPS) is 10.9. The summed E-state index contributed by atoms with van der Waals surface area (Å²) in [6.45, 7) is 0. The van der Waals surface area contributed by atoms with Gasteiger partial charge in [-0.3, -0.25) is 4.98 Å². The van der Waals surface area contributed by atoms with Gasteiger partial charge in [-0.05, 0) is 63.0 Å². The average molecular weight is 436 g/mol. The van der Waals surface area contributed by atoms with Crippen molar-refractivity contribution in [2.45, 2.75) is 0 Å². The number of hydrogen-bond donors (Lipinski definition) is 0. The van der Waals surface area contributed by atoms with Crippen LogP contribution < -0.4 is 0 Å². The molecule has 1 heterocycles. The fourth-order valence-corrected chi connectivity index (χ4v) is 4.25. The maximum absolute atomic E-state index is 4.42. The van der Waals surface area contributed by atoms with E-state index in [9.17, 15) is 0 Å². The average Bonchev–Trinajstić information content (AvgIpc) is 2.79. The molecule has 0 aliphatic rings. The molecule has 0 aliphatic carbocycles. The molecule has 0 radical (unpaired) electrons. The number of hydrogen-bond acceptors (Lipinski definition) is 1. The molecule has 138 valence electrons. The van der Waals surface area contributed by atoms with E-state index in [2.05, 4.69) is 112 Å². The molecule has 4 aromatic carbocycles. The molecule has 0 spiro atoms. The van der Waals surface area contributed by atoms with E-state index in [-0.39, 0.29) is 0 Å². The Labute approximate surface area is 178 Å². The predicted molar refractivity (Wildman–Crippen MR) is 126 cm³/mol. The molecule has 0 saturated heterocycles. The van der Waals surface area contributed by atoms with E-state index < -0.39 is 0 Å². The van der Waals surface area contributed by atoms with Gasteiger partial charge in [-0.1, -0.05) is 88.7 Å². The van der Waals surface area contributed by atoms with E-state index in [1.54, 1.807) is 0 Å². The highest BCUT2D eigenvalue weighted by molar-refractivity contribution is 9.10. The second kappa shape index (κ2) is 7.65. The molecule has 2 heteroatoms. The molecule has 0 bridgehead atoms. The zero-order valence-corrected chi connectivity index (χ0v) is 17.3. The Kier molecular flexibility index (Phi) is 4.71. The third kappa shape index (κ3) is 3.48. The smallest absolute Gasteiger partial charge is 0.0352 e. The lowest BCUT2D eigenvalue weighted by Gasteiger charge is -2.13. The summed E-state index contributed by atoms with van der Waals surface area (Å²) in [5, 5.41) is 2.37. The van der Waals surface area contributed by atoms with Crippen LogP contribution in [0.2, 0.25) is 0 Å². The number of fused-ring (bicyclic) bond motifs is 1. The van der Waals surface area contributed by atoms with Crippen LogP contribution in [-0.2, 0) is 0 Å². The van der Waals surface area contributed by atoms with Crippen LogP contribution in [0.25, 0.3) is 44.2 Å². The topological polar surface area (TPSA) is 12.9 Å². The van der Waals surface area contributed by atoms with Crippen LogP contribution in [0.15, 0.2) is 114 Å². The van der Waals surface area contributed by atoms with Crippen LogP contribution in [0, 0.1) is 0 Å². The molecule has 0 N–H and O–H groups in total. The molecule has 1 nitrogen and oxygen atoms in total. The quantitative estimate of drug-likeness (QED) is 0.279. The van der Waals surface area contributed by atoms with Crippen LogP contribution in [0.3, 0.4) is 0 Å². The van der Waals surface area contributed by atoms with E-state index in [1.807, 2.05) is 18.5 Å². The summed E-state index contributed by atoms with van der Waals surface area (Å²) in [4.78, 5) is 4.42. The van der Waals surface area contributed by atoms with Crippen LogP contribution in [0.1, 0.15) is 0 Å². The zero-order valence-electron chi connectivity index (χ0n) is 15.7. The third-order valence-electron chi connectivity index (χ3n) is 5.23. The van der Waals surface area contributed by atoms with Crippen LogP contribution in [0.5, 0.6) is 0 Å². The number of pyridine rings is 1. The number of benzene rings is 4. The van der Waals surface area contributed by atoms with Gasteiger partial charge in [0.25, 0.3) is 0 Å². The van der Waals surface area contributed by atoms with Crippen LogP contribution in [-0.4, -0.2) is 4.98 Å². The molecule has 0 aliphatic heterocycles. The third-order valence-corrected chi connectivity index (χ3v) is 5.73. The van der Waals surface area contributed by atoms with Crippen molar-refractivity contribution in [1.82, 2.24) is 4.98 Å². The van der Waals surface area contributed by atoms with Gasteiger partial charge in [-0.25, -0.2) is 0 Å². The van der Waals surface area contributed by atoms with E-state index in [1.165, 1.54) is 38.8 Å². The molecule has 0 amide bonds. The first-order valence-electron chi connectivity index (χ1n) is 9.58. The van der Waals surface area contributed by atoms with Crippen molar-refractivity contribution in [2.75, 3.05) is 0 Å². The van der Waals surface area contributed by atoms with Crippen molar-refractivity contribution in [3.05, 3.63) is 114 Å². The molecular weight excluding hydrogens is 418 g/mol. The molecule has 0 saturated carbocycles. The number of halogens is 1. The molecule has 1 aromatic heterocycles. The van der Waals surface area contributed by atoms with Crippen molar-refractivity contribution < 1.29 is 0 Å². The van der Waals surface area contributed by atoms with E-state index in [0.717, 1.165) is 9.86 Å². The van der Waals surface area contributed by atoms with Gasteiger partial charge in [0.15, 0.2) is 0 Å². The van der Waals surface area contributed by atoms with Gasteiger partial charge in [0.1, 0.15) is 0 Å². The largest absolute Gasteiger partial charge is 0.264 e. The minimum Gasteiger partial charge on any atom is -0.264 e. The lowest BCUT2D eigenvalue weighted by Crippen LogP contribution is -1.88. The summed E-state index contributed by atoms with van der Waals surface area (Å²) in [6, 6.07) is 34.2. The lowest BCUT2D eigenvalue weighted by molar-refractivity contribution is 1.36. The maximum Gasteiger partial charge on any atom is 0.0352 e. The van der Waals surface area contributed by atoms with Crippen LogP contribution >= 0.6 is 15.9 Å². The molecule has 0 atom stereocenters. The van der Waals surface area contributed by atoms with Gasteiger partial charge < -0.3 is 0 Å². The highest BCUT2D eigenvalue weighted by atomic mass is 79.9. The SMILES string of the molecule is Brc1cccc(-c2ccc(-c3cccc(-c4ccccc4)c3)c3cnccc23)c1. The summed E-state index contributed by atoms with van der Waals surface area (Å²) in [5.74, 6) is 0. The first-order chi connectivity index (χ1) is 14.3. The summed E-state index contributed by atoms with van der Waals surface area (Å²) in [6.07, 6.45) is 3.84. The highest BCUT2D eigenvalue weighted by Crippen LogP contribution is 2.37. The van der Waals surface area contributed by atoms with Gasteiger partial charge >= 0.3 is 0 Å². The highest BCUT2D eigenvalue weighted by Gasteiger charge is 2.10. The Morgan fingerprint density at radius 3 is 1.97 bits per heavy atom. The minimum absolute atomic E-state index is 1.08. The maximum atomic E-state index is 4.42. The molecule has 0 unspecified atom stereocenters. The molecule has 0 fully saturated rings. The molecule has 29 heavy (non-hydrogen) atoms. The Morgan fingerprint density at radius 1 is 0.517 bits per heavy atom. The van der Waals surface area contributed by atoms with Gasteiger partial charge in [-0.2, -0.15) is 0 Å². The number of aromatic nitrogens is 1. The fourth-order valence-electron chi connectivity index (χ4n) is 3.85. The lowest BCUT2D eigenvalue weighted by atomic mass is 9.92. The van der Waals surface area contributed by atoms with E-state index >= 15 is 0 Å². The van der Waals surface area contributed by atoms with Gasteiger partial charge in [-0.15, -0.1) is 0 Å². The van der Waals surface area contributed by atoms with E-state index in [4.69, 9.17) is 0 Å². The molecule has 5 rings (SSSR count). The Morgan fingerprint density at radius 2 is 1.17 bits per heavy atom. The Bertz CT molecular complexity index is 1310. The van der Waals surface area contributed by atoms with Crippen molar-refractivity contribution in [3.63, 3.8) is 0 Å². The number of rotatable bonds is 3. The number of nitrogens with zero attached hydrogens (tertiary/aromatic N) is 1. The fraction of sp³-hybridized carbons (Fsp3) is 0. The summed E-state index contributed by atoms with van der Waals surface area (Å²) >= 11 is 3.59. The second-order valence-corrected chi connectivity index (χ2v) is 7.95.